The molecule has 2 aromatic rings. The lowest BCUT2D eigenvalue weighted by Crippen LogP contribution is -3.08. The number of amides is 2. The molecule has 2 amide bonds. The third-order valence-electron chi connectivity index (χ3n) is 4.67. The molecule has 1 aliphatic rings. The van der Waals surface area contributed by atoms with E-state index in [1.165, 1.54) is 23.5 Å². The van der Waals surface area contributed by atoms with Gasteiger partial charge in [0.05, 0.1) is 18.2 Å². The molecule has 0 bridgehead atoms. The van der Waals surface area contributed by atoms with Crippen LogP contribution in [-0.4, -0.2) is 25.4 Å². The van der Waals surface area contributed by atoms with Crippen molar-refractivity contribution in [2.45, 2.75) is 32.0 Å². The summed E-state index contributed by atoms with van der Waals surface area (Å²) in [6.07, 6.45) is -1.71. The predicted molar refractivity (Wildman–Crippen MR) is 100 cm³/mol. The number of fused-ring (bicyclic) bond motifs is 1. The van der Waals surface area contributed by atoms with Gasteiger partial charge in [-0.25, -0.2) is 0 Å². The van der Waals surface area contributed by atoms with Crippen LogP contribution < -0.4 is 16.0 Å². The van der Waals surface area contributed by atoms with Gasteiger partial charge in [0, 0.05) is 10.4 Å². The Kier molecular flexibility index (Phi) is 5.76. The first-order chi connectivity index (χ1) is 13.1. The van der Waals surface area contributed by atoms with Crippen LogP contribution in [0.4, 0.5) is 18.2 Å². The lowest BCUT2D eigenvalue weighted by molar-refractivity contribution is -0.885. The van der Waals surface area contributed by atoms with Crippen LogP contribution >= 0.6 is 11.3 Å². The second-order valence-corrected chi connectivity index (χ2v) is 8.08. The average Bonchev–Trinajstić information content (AvgIpc) is 3.14. The first kappa shape index (κ1) is 20.3. The van der Waals surface area contributed by atoms with Crippen molar-refractivity contribution in [2.24, 2.45) is 5.73 Å². The van der Waals surface area contributed by atoms with Crippen LogP contribution in [0.1, 0.15) is 38.3 Å². The third-order valence-corrected chi connectivity index (χ3v) is 5.88. The standard InChI is InChI=1S/C19H20F3N3O2S/c1-25(9-11-5-7-12(8-6-11)19(20,21)22)10-15(26)24-18-16(17(23)27)13-3-2-4-14(13)28-18/h5-8H,2-4,9-10H2,1H3,(H2,23,27)(H,24,26)/p+1. The second-order valence-electron chi connectivity index (χ2n) is 6.98. The maximum Gasteiger partial charge on any atom is 0.416 e. The number of benzene rings is 1. The summed E-state index contributed by atoms with van der Waals surface area (Å²) in [4.78, 5) is 26.1. The van der Waals surface area contributed by atoms with E-state index in [-0.39, 0.29) is 12.5 Å². The van der Waals surface area contributed by atoms with Crippen molar-refractivity contribution in [3.8, 4) is 0 Å². The van der Waals surface area contributed by atoms with Gasteiger partial charge in [0.25, 0.3) is 11.8 Å². The van der Waals surface area contributed by atoms with Crippen LogP contribution in [0.3, 0.4) is 0 Å². The van der Waals surface area contributed by atoms with Gasteiger partial charge in [0.15, 0.2) is 6.54 Å². The Morgan fingerprint density at radius 2 is 1.89 bits per heavy atom. The molecule has 1 atom stereocenters. The van der Waals surface area contributed by atoms with Crippen LogP contribution in [0.15, 0.2) is 24.3 Å². The number of thiophene rings is 1. The fraction of sp³-hybridized carbons (Fsp3) is 0.368. The van der Waals surface area contributed by atoms with E-state index in [9.17, 15) is 22.8 Å². The molecule has 0 aliphatic heterocycles. The summed E-state index contributed by atoms with van der Waals surface area (Å²) in [7, 11) is 1.78. The topological polar surface area (TPSA) is 76.6 Å². The van der Waals surface area contributed by atoms with Crippen LogP contribution in [0.25, 0.3) is 0 Å². The highest BCUT2D eigenvalue weighted by Crippen LogP contribution is 2.38. The Balaban J connectivity index is 1.60. The van der Waals surface area contributed by atoms with Gasteiger partial charge in [-0.15, -0.1) is 11.3 Å². The largest absolute Gasteiger partial charge is 0.416 e. The maximum atomic E-state index is 12.6. The number of quaternary nitrogens is 1. The number of primary amides is 1. The van der Waals surface area contributed by atoms with Gasteiger partial charge in [-0.1, -0.05) is 12.1 Å². The Morgan fingerprint density at radius 1 is 1.21 bits per heavy atom. The highest BCUT2D eigenvalue weighted by Gasteiger charge is 2.30. The summed E-state index contributed by atoms with van der Waals surface area (Å²) in [5.41, 5.74) is 6.84. The van der Waals surface area contributed by atoms with Gasteiger partial charge in [0.2, 0.25) is 0 Å². The van der Waals surface area contributed by atoms with Crippen LogP contribution in [0, 0.1) is 0 Å². The van der Waals surface area contributed by atoms with Crippen molar-refractivity contribution in [1.82, 2.24) is 0 Å². The fourth-order valence-electron chi connectivity index (χ4n) is 3.42. The van der Waals surface area contributed by atoms with E-state index in [4.69, 9.17) is 5.73 Å². The molecule has 28 heavy (non-hydrogen) atoms. The minimum absolute atomic E-state index is 0.113. The Hall–Kier alpha value is -2.39. The summed E-state index contributed by atoms with van der Waals surface area (Å²) < 4.78 is 37.9. The predicted octanol–water partition coefficient (Wildman–Crippen LogP) is 2.01. The van der Waals surface area contributed by atoms with Crippen molar-refractivity contribution >= 4 is 28.2 Å². The molecule has 1 aliphatic carbocycles. The van der Waals surface area contributed by atoms with E-state index in [1.807, 2.05) is 0 Å². The van der Waals surface area contributed by atoms with Crippen molar-refractivity contribution in [3.05, 3.63) is 51.4 Å². The van der Waals surface area contributed by atoms with E-state index in [0.29, 0.717) is 22.7 Å². The number of likely N-dealkylation sites (N-methyl/N-ethyl adjacent to an activating group) is 1. The summed E-state index contributed by atoms with van der Waals surface area (Å²) in [6, 6.07) is 4.91. The molecule has 150 valence electrons. The van der Waals surface area contributed by atoms with Gasteiger partial charge in [-0.2, -0.15) is 13.2 Å². The number of hydrogen-bond donors (Lipinski definition) is 3. The van der Waals surface area contributed by atoms with E-state index < -0.39 is 17.6 Å². The van der Waals surface area contributed by atoms with Crippen molar-refractivity contribution in [2.75, 3.05) is 18.9 Å². The summed E-state index contributed by atoms with van der Waals surface area (Å²) >= 11 is 1.39. The number of anilines is 1. The number of nitrogens with one attached hydrogen (secondary N) is 2. The molecule has 1 heterocycles. The van der Waals surface area contributed by atoms with Crippen LogP contribution in [-0.2, 0) is 30.4 Å². The zero-order valence-electron chi connectivity index (χ0n) is 15.3. The normalized spacial score (nSPS) is 14.6. The highest BCUT2D eigenvalue weighted by atomic mass is 32.1. The number of aryl methyl sites for hydroxylation is 1. The lowest BCUT2D eigenvalue weighted by Gasteiger charge is -2.14. The third kappa shape index (κ3) is 4.53. The zero-order valence-corrected chi connectivity index (χ0v) is 16.1. The number of carbonyl (C=O) groups is 2. The van der Waals surface area contributed by atoms with Gasteiger partial charge < -0.3 is 16.0 Å². The Morgan fingerprint density at radius 3 is 2.50 bits per heavy atom. The quantitative estimate of drug-likeness (QED) is 0.679. The molecular formula is C19H21F3N3O2S+. The first-order valence-corrected chi connectivity index (χ1v) is 9.68. The molecule has 3 rings (SSSR count). The van der Waals surface area contributed by atoms with Gasteiger partial charge in [0.1, 0.15) is 11.5 Å². The molecule has 1 aromatic heterocycles. The number of carbonyl (C=O) groups excluding carboxylic acids is 2. The second kappa shape index (κ2) is 7.92. The first-order valence-electron chi connectivity index (χ1n) is 8.86. The average molecular weight is 412 g/mol. The molecule has 5 nitrogen and oxygen atoms in total. The minimum Gasteiger partial charge on any atom is -0.365 e. The molecule has 0 spiro atoms. The van der Waals surface area contributed by atoms with Crippen molar-refractivity contribution < 1.29 is 27.7 Å². The van der Waals surface area contributed by atoms with E-state index >= 15 is 0 Å². The van der Waals surface area contributed by atoms with Crippen LogP contribution in [0.5, 0.6) is 0 Å². The zero-order chi connectivity index (χ0) is 20.5. The summed E-state index contributed by atoms with van der Waals surface area (Å²) in [6.45, 7) is 0.511. The maximum absolute atomic E-state index is 12.6. The molecular weight excluding hydrogens is 391 g/mol. The number of nitrogens with two attached hydrogens (primary N) is 1. The molecule has 0 fully saturated rings. The van der Waals surface area contributed by atoms with E-state index in [0.717, 1.165) is 46.7 Å². The molecule has 0 radical (unpaired) electrons. The molecule has 1 aromatic carbocycles. The monoisotopic (exact) mass is 412 g/mol. The smallest absolute Gasteiger partial charge is 0.365 e. The number of halogens is 3. The molecule has 0 saturated carbocycles. The Labute approximate surface area is 164 Å². The van der Waals surface area contributed by atoms with E-state index in [2.05, 4.69) is 5.32 Å². The molecule has 9 heteroatoms. The van der Waals surface area contributed by atoms with Gasteiger partial charge >= 0.3 is 6.18 Å². The fourth-order valence-corrected chi connectivity index (χ4v) is 4.73. The van der Waals surface area contributed by atoms with Crippen molar-refractivity contribution in [1.29, 1.82) is 0 Å². The number of rotatable bonds is 6. The van der Waals surface area contributed by atoms with Crippen LogP contribution in [0.2, 0.25) is 0 Å². The minimum atomic E-state index is -4.36. The molecule has 4 N–H and O–H groups in total. The Bertz CT molecular complexity index is 891. The molecule has 1 unspecified atom stereocenters. The molecule has 0 saturated heterocycles. The van der Waals surface area contributed by atoms with Crippen molar-refractivity contribution in [3.63, 3.8) is 0 Å². The SMILES string of the molecule is C[NH+](CC(=O)Nc1sc2c(c1C(N)=O)CCC2)Cc1ccc(C(F)(F)F)cc1. The van der Waals surface area contributed by atoms with Gasteiger partial charge in [-0.3, -0.25) is 9.59 Å². The number of hydrogen-bond acceptors (Lipinski definition) is 3. The van der Waals surface area contributed by atoms with E-state index in [1.54, 1.807) is 7.05 Å². The summed E-state index contributed by atoms with van der Waals surface area (Å²) in [5, 5.41) is 3.27. The number of alkyl halides is 3. The lowest BCUT2D eigenvalue weighted by atomic mass is 10.1. The summed E-state index contributed by atoms with van der Waals surface area (Å²) in [5.74, 6) is -0.813. The van der Waals surface area contributed by atoms with Gasteiger partial charge in [-0.05, 0) is 37.0 Å². The highest BCUT2D eigenvalue weighted by molar-refractivity contribution is 7.17.